The minimum atomic E-state index is -4.75. The Morgan fingerprint density at radius 3 is 2.10 bits per heavy atom. The summed E-state index contributed by atoms with van der Waals surface area (Å²) in [5.41, 5.74) is 0.362. The van der Waals surface area contributed by atoms with E-state index in [0.29, 0.717) is 11.4 Å². The van der Waals surface area contributed by atoms with Crippen molar-refractivity contribution in [1.82, 2.24) is 5.32 Å². The number of urea groups is 1. The largest absolute Gasteiger partial charge is 0.573 e. The van der Waals surface area contributed by atoms with E-state index in [1.54, 1.807) is 24.3 Å². The molecule has 0 bridgehead atoms. The predicted molar refractivity (Wildman–Crippen MR) is 100 cm³/mol. The van der Waals surface area contributed by atoms with Gasteiger partial charge in [-0.3, -0.25) is 0 Å². The number of phenolic OH excluding ortho intramolecular Hbond substituents is 1. The summed E-state index contributed by atoms with van der Waals surface area (Å²) in [6, 6.07) is 11.1. The summed E-state index contributed by atoms with van der Waals surface area (Å²) in [4.78, 5) is 12.1. The third-order valence-electron chi connectivity index (χ3n) is 4.49. The van der Waals surface area contributed by atoms with Gasteiger partial charge in [0, 0.05) is 11.7 Å². The van der Waals surface area contributed by atoms with Gasteiger partial charge in [0.2, 0.25) is 0 Å². The Balaban J connectivity index is 1.41. The third-order valence-corrected chi connectivity index (χ3v) is 4.49. The number of phenols is 1. The van der Waals surface area contributed by atoms with Crippen LogP contribution in [-0.2, 0) is 0 Å². The molecule has 29 heavy (non-hydrogen) atoms. The van der Waals surface area contributed by atoms with Gasteiger partial charge in [-0.15, -0.1) is 13.2 Å². The fraction of sp³-hybridized carbons (Fsp3) is 0.350. The van der Waals surface area contributed by atoms with Crippen LogP contribution in [0.1, 0.15) is 25.7 Å². The molecular weight excluding hydrogens is 389 g/mol. The minimum absolute atomic E-state index is 0.0116. The zero-order chi connectivity index (χ0) is 20.9. The molecule has 0 spiro atoms. The van der Waals surface area contributed by atoms with E-state index in [2.05, 4.69) is 15.4 Å². The van der Waals surface area contributed by atoms with Crippen molar-refractivity contribution in [3.8, 4) is 17.2 Å². The first-order valence-corrected chi connectivity index (χ1v) is 9.16. The Labute approximate surface area is 165 Å². The molecule has 1 fully saturated rings. The van der Waals surface area contributed by atoms with Crippen LogP contribution in [0.25, 0.3) is 0 Å². The maximum Gasteiger partial charge on any atom is 0.573 e. The molecule has 2 aromatic rings. The molecule has 0 saturated heterocycles. The lowest BCUT2D eigenvalue weighted by atomic mass is 9.93. The summed E-state index contributed by atoms with van der Waals surface area (Å²) in [5, 5.41) is 14.7. The average molecular weight is 410 g/mol. The van der Waals surface area contributed by atoms with Gasteiger partial charge in [-0.2, -0.15) is 0 Å². The molecule has 0 unspecified atom stereocenters. The second-order valence-electron chi connectivity index (χ2n) is 6.76. The highest BCUT2D eigenvalue weighted by molar-refractivity contribution is 5.89. The standard InChI is InChI=1S/C20H21F3N2O4/c21-20(22,23)29-18-9-3-14(4-10-18)25-19(27)24-13-1-7-16(8-2-13)28-17-11-5-15(26)6-12-17/h3-6,9-13,16,26H,1-2,7-8H2,(H2,24,25,27). The fourth-order valence-electron chi connectivity index (χ4n) is 3.13. The van der Waals surface area contributed by atoms with Gasteiger partial charge in [0.05, 0.1) is 6.10 Å². The molecule has 0 aliphatic heterocycles. The van der Waals surface area contributed by atoms with Crippen molar-refractivity contribution in [3.05, 3.63) is 48.5 Å². The summed E-state index contributed by atoms with van der Waals surface area (Å²) >= 11 is 0. The van der Waals surface area contributed by atoms with E-state index in [-0.39, 0.29) is 23.6 Å². The van der Waals surface area contributed by atoms with Gasteiger partial charge in [-0.1, -0.05) is 0 Å². The lowest BCUT2D eigenvalue weighted by molar-refractivity contribution is -0.274. The molecule has 156 valence electrons. The molecule has 1 aliphatic carbocycles. The number of alkyl halides is 3. The highest BCUT2D eigenvalue weighted by Crippen LogP contribution is 2.26. The molecule has 0 radical (unpaired) electrons. The highest BCUT2D eigenvalue weighted by atomic mass is 19.4. The average Bonchev–Trinajstić information content (AvgIpc) is 2.66. The van der Waals surface area contributed by atoms with Crippen LogP contribution in [0.2, 0.25) is 0 Å². The maximum atomic E-state index is 12.2. The number of ether oxygens (including phenoxy) is 2. The Hall–Kier alpha value is -3.10. The van der Waals surface area contributed by atoms with Gasteiger partial charge in [0.25, 0.3) is 0 Å². The molecule has 3 N–H and O–H groups in total. The highest BCUT2D eigenvalue weighted by Gasteiger charge is 2.31. The quantitative estimate of drug-likeness (QED) is 0.661. The molecule has 3 rings (SSSR count). The maximum absolute atomic E-state index is 12.2. The van der Waals surface area contributed by atoms with Crippen molar-refractivity contribution >= 4 is 11.7 Å². The summed E-state index contributed by atoms with van der Waals surface area (Å²) < 4.78 is 46.1. The van der Waals surface area contributed by atoms with E-state index < -0.39 is 12.4 Å². The molecule has 0 heterocycles. The molecule has 6 nitrogen and oxygen atoms in total. The number of amides is 2. The number of hydrogen-bond donors (Lipinski definition) is 3. The normalized spacial score (nSPS) is 19.3. The molecule has 1 saturated carbocycles. The summed E-state index contributed by atoms with van der Waals surface area (Å²) in [6.45, 7) is 0. The van der Waals surface area contributed by atoms with Crippen LogP contribution >= 0.6 is 0 Å². The Morgan fingerprint density at radius 1 is 0.931 bits per heavy atom. The van der Waals surface area contributed by atoms with Crippen LogP contribution in [-0.4, -0.2) is 29.6 Å². The molecule has 0 atom stereocenters. The van der Waals surface area contributed by atoms with E-state index in [1.165, 1.54) is 12.1 Å². The van der Waals surface area contributed by atoms with Crippen molar-refractivity contribution in [2.45, 2.75) is 44.2 Å². The lowest BCUT2D eigenvalue weighted by Gasteiger charge is -2.29. The topological polar surface area (TPSA) is 79.8 Å². The third kappa shape index (κ3) is 6.78. The van der Waals surface area contributed by atoms with Crippen molar-refractivity contribution in [3.63, 3.8) is 0 Å². The number of nitrogens with one attached hydrogen (secondary N) is 2. The first kappa shape index (κ1) is 20.6. The van der Waals surface area contributed by atoms with E-state index in [9.17, 15) is 23.1 Å². The number of halogens is 3. The summed E-state index contributed by atoms with van der Waals surface area (Å²) in [7, 11) is 0. The van der Waals surface area contributed by atoms with Crippen LogP contribution in [0.15, 0.2) is 48.5 Å². The van der Waals surface area contributed by atoms with Gasteiger partial charge in [-0.05, 0) is 74.2 Å². The van der Waals surface area contributed by atoms with Gasteiger partial charge < -0.3 is 25.2 Å². The lowest BCUT2D eigenvalue weighted by Crippen LogP contribution is -2.41. The number of aromatic hydroxyl groups is 1. The number of carbonyl (C=O) groups excluding carboxylic acids is 1. The number of anilines is 1. The van der Waals surface area contributed by atoms with E-state index >= 15 is 0 Å². The second-order valence-corrected chi connectivity index (χ2v) is 6.76. The number of carbonyl (C=O) groups is 1. The molecular formula is C20H21F3N2O4. The molecule has 9 heteroatoms. The zero-order valence-corrected chi connectivity index (χ0v) is 15.4. The predicted octanol–water partition coefficient (Wildman–Crippen LogP) is 4.80. The van der Waals surface area contributed by atoms with Crippen molar-refractivity contribution in [1.29, 1.82) is 0 Å². The monoisotopic (exact) mass is 410 g/mol. The smallest absolute Gasteiger partial charge is 0.508 e. The van der Waals surface area contributed by atoms with Gasteiger partial charge in [0.1, 0.15) is 17.2 Å². The van der Waals surface area contributed by atoms with Gasteiger partial charge >= 0.3 is 12.4 Å². The van der Waals surface area contributed by atoms with Gasteiger partial charge in [0.15, 0.2) is 0 Å². The van der Waals surface area contributed by atoms with Crippen LogP contribution in [0.3, 0.4) is 0 Å². The Morgan fingerprint density at radius 2 is 1.52 bits per heavy atom. The van der Waals surface area contributed by atoms with Crippen LogP contribution < -0.4 is 20.1 Å². The zero-order valence-electron chi connectivity index (χ0n) is 15.4. The van der Waals surface area contributed by atoms with E-state index in [4.69, 9.17) is 4.74 Å². The number of benzene rings is 2. The Kier molecular flexibility index (Phi) is 6.36. The molecule has 0 aromatic heterocycles. The van der Waals surface area contributed by atoms with Crippen molar-refractivity contribution < 1.29 is 32.5 Å². The van der Waals surface area contributed by atoms with Crippen molar-refractivity contribution in [2.75, 3.05) is 5.32 Å². The summed E-state index contributed by atoms with van der Waals surface area (Å²) in [6.07, 6.45) is -1.67. The summed E-state index contributed by atoms with van der Waals surface area (Å²) in [5.74, 6) is 0.518. The number of hydrogen-bond acceptors (Lipinski definition) is 4. The number of rotatable bonds is 5. The van der Waals surface area contributed by atoms with Crippen LogP contribution in [0, 0.1) is 0 Å². The van der Waals surface area contributed by atoms with E-state index in [1.807, 2.05) is 0 Å². The van der Waals surface area contributed by atoms with Gasteiger partial charge in [-0.25, -0.2) is 4.79 Å². The Bertz CT molecular complexity index is 802. The van der Waals surface area contributed by atoms with Crippen molar-refractivity contribution in [2.24, 2.45) is 0 Å². The first-order chi connectivity index (χ1) is 13.8. The first-order valence-electron chi connectivity index (χ1n) is 9.16. The SMILES string of the molecule is O=C(Nc1ccc(OC(F)(F)F)cc1)NC1CCC(Oc2ccc(O)cc2)CC1. The van der Waals surface area contributed by atoms with E-state index in [0.717, 1.165) is 37.8 Å². The second kappa shape index (κ2) is 8.93. The minimum Gasteiger partial charge on any atom is -0.508 e. The molecule has 1 aliphatic rings. The van der Waals surface area contributed by atoms with Crippen LogP contribution in [0.4, 0.5) is 23.7 Å². The molecule has 2 amide bonds. The molecule has 2 aromatic carbocycles. The van der Waals surface area contributed by atoms with Crippen LogP contribution in [0.5, 0.6) is 17.2 Å². The fourth-order valence-corrected chi connectivity index (χ4v) is 3.13.